The molecule has 1 fully saturated rings. The van der Waals surface area contributed by atoms with E-state index in [0.29, 0.717) is 13.0 Å². The first-order chi connectivity index (χ1) is 11.1. The number of benzene rings is 1. The molecule has 0 aromatic heterocycles. The third-order valence-electron chi connectivity index (χ3n) is 4.37. The van der Waals surface area contributed by atoms with Gasteiger partial charge in [-0.3, -0.25) is 0 Å². The zero-order chi connectivity index (χ0) is 16.7. The van der Waals surface area contributed by atoms with Gasteiger partial charge in [-0.1, -0.05) is 18.9 Å². The van der Waals surface area contributed by atoms with Crippen molar-refractivity contribution in [2.24, 2.45) is 5.92 Å². The molecule has 1 aromatic rings. The summed E-state index contributed by atoms with van der Waals surface area (Å²) in [5.41, 5.74) is 0.898. The first-order valence-corrected chi connectivity index (χ1v) is 8.11. The molecule has 6 heteroatoms. The number of carbonyl (C=O) groups is 1. The van der Waals surface area contributed by atoms with Crippen molar-refractivity contribution in [2.45, 2.75) is 38.1 Å². The lowest BCUT2D eigenvalue weighted by Gasteiger charge is -2.30. The van der Waals surface area contributed by atoms with E-state index in [2.05, 4.69) is 10.6 Å². The van der Waals surface area contributed by atoms with Crippen LogP contribution in [0, 0.1) is 11.7 Å². The second kappa shape index (κ2) is 8.72. The molecule has 3 N–H and O–H groups in total. The van der Waals surface area contributed by atoms with Gasteiger partial charge in [0.1, 0.15) is 0 Å². The van der Waals surface area contributed by atoms with Gasteiger partial charge in [-0.15, -0.1) is 0 Å². The van der Waals surface area contributed by atoms with Gasteiger partial charge < -0.3 is 20.5 Å². The molecule has 2 rings (SSSR count). The Balaban J connectivity index is 1.76. The molecule has 2 atom stereocenters. The van der Waals surface area contributed by atoms with Crippen molar-refractivity contribution < 1.29 is 19.0 Å². The number of hydrogen-bond donors (Lipinski definition) is 3. The Bertz CT molecular complexity index is 525. The molecule has 0 heterocycles. The Hall–Kier alpha value is -1.82. The summed E-state index contributed by atoms with van der Waals surface area (Å²) < 4.78 is 18.3. The van der Waals surface area contributed by atoms with E-state index in [-0.39, 0.29) is 30.3 Å². The molecule has 1 aliphatic carbocycles. The third-order valence-corrected chi connectivity index (χ3v) is 4.37. The van der Waals surface area contributed by atoms with Crippen LogP contribution in [0.15, 0.2) is 18.2 Å². The lowest BCUT2D eigenvalue weighted by Crippen LogP contribution is -2.48. The van der Waals surface area contributed by atoms with Gasteiger partial charge in [-0.2, -0.15) is 0 Å². The van der Waals surface area contributed by atoms with Crippen LogP contribution >= 0.6 is 0 Å². The van der Waals surface area contributed by atoms with E-state index in [4.69, 9.17) is 4.74 Å². The number of urea groups is 1. The minimum Gasteiger partial charge on any atom is -0.494 e. The van der Waals surface area contributed by atoms with Gasteiger partial charge in [0.2, 0.25) is 0 Å². The zero-order valence-corrected chi connectivity index (χ0v) is 13.5. The van der Waals surface area contributed by atoms with Crippen LogP contribution in [0.2, 0.25) is 0 Å². The van der Waals surface area contributed by atoms with E-state index in [1.807, 2.05) is 0 Å². The fourth-order valence-electron chi connectivity index (χ4n) is 3.02. The van der Waals surface area contributed by atoms with Gasteiger partial charge in [0, 0.05) is 25.1 Å². The fourth-order valence-corrected chi connectivity index (χ4v) is 3.02. The van der Waals surface area contributed by atoms with Gasteiger partial charge in [-0.25, -0.2) is 9.18 Å². The second-order valence-electron chi connectivity index (χ2n) is 5.95. The highest BCUT2D eigenvalue weighted by atomic mass is 19.1. The molecule has 1 aromatic carbocycles. The Morgan fingerprint density at radius 2 is 2.17 bits per heavy atom. The summed E-state index contributed by atoms with van der Waals surface area (Å²) in [5.74, 6) is -0.0369. The second-order valence-corrected chi connectivity index (χ2v) is 5.95. The molecule has 0 aliphatic heterocycles. The maximum Gasteiger partial charge on any atom is 0.315 e. The van der Waals surface area contributed by atoms with E-state index >= 15 is 0 Å². The minimum atomic E-state index is -0.394. The number of carbonyl (C=O) groups excluding carboxylic acids is 1. The number of nitrogens with one attached hydrogen (secondary N) is 2. The smallest absolute Gasteiger partial charge is 0.315 e. The molecule has 128 valence electrons. The Morgan fingerprint density at radius 3 is 2.91 bits per heavy atom. The number of amides is 2. The highest BCUT2D eigenvalue weighted by molar-refractivity contribution is 5.74. The van der Waals surface area contributed by atoms with E-state index in [0.717, 1.165) is 31.2 Å². The van der Waals surface area contributed by atoms with E-state index in [1.54, 1.807) is 12.1 Å². The Kier molecular flexibility index (Phi) is 6.65. The van der Waals surface area contributed by atoms with Gasteiger partial charge in [-0.05, 0) is 37.0 Å². The minimum absolute atomic E-state index is 0.0414. The van der Waals surface area contributed by atoms with Crippen LogP contribution in [-0.2, 0) is 6.42 Å². The molecular formula is C17H25FN2O3. The number of methoxy groups -OCH3 is 1. The monoisotopic (exact) mass is 324 g/mol. The highest BCUT2D eigenvalue weighted by Gasteiger charge is 2.25. The SMILES string of the molecule is COc1cc(CCNC(=O)N[C@@H]2CCCC[C@@H]2CO)ccc1F. The number of halogens is 1. The van der Waals surface area contributed by atoms with E-state index < -0.39 is 5.82 Å². The normalized spacial score (nSPS) is 20.8. The predicted molar refractivity (Wildman–Crippen MR) is 86.0 cm³/mol. The van der Waals surface area contributed by atoms with Gasteiger partial charge in [0.25, 0.3) is 0 Å². The summed E-state index contributed by atoms with van der Waals surface area (Å²) in [4.78, 5) is 12.0. The quantitative estimate of drug-likeness (QED) is 0.751. The Labute approximate surface area is 136 Å². The number of rotatable bonds is 6. The molecule has 23 heavy (non-hydrogen) atoms. The van der Waals surface area contributed by atoms with Crippen LogP contribution in [-0.4, -0.2) is 37.4 Å². The number of hydrogen-bond acceptors (Lipinski definition) is 3. The first-order valence-electron chi connectivity index (χ1n) is 8.11. The lowest BCUT2D eigenvalue weighted by molar-refractivity contribution is 0.154. The van der Waals surface area contributed by atoms with Crippen molar-refractivity contribution in [2.75, 3.05) is 20.3 Å². The average molecular weight is 324 g/mol. The average Bonchev–Trinajstić information content (AvgIpc) is 2.57. The molecule has 5 nitrogen and oxygen atoms in total. The van der Waals surface area contributed by atoms with Crippen LogP contribution in [0.1, 0.15) is 31.2 Å². The van der Waals surface area contributed by atoms with Crippen LogP contribution in [0.3, 0.4) is 0 Å². The van der Waals surface area contributed by atoms with Crippen molar-refractivity contribution in [3.8, 4) is 5.75 Å². The van der Waals surface area contributed by atoms with Crippen LogP contribution < -0.4 is 15.4 Å². The summed E-state index contributed by atoms with van der Waals surface area (Å²) in [5, 5.41) is 15.1. The van der Waals surface area contributed by atoms with Crippen molar-refractivity contribution >= 4 is 6.03 Å². The summed E-state index contributed by atoms with van der Waals surface area (Å²) in [6, 6.07) is 4.50. The summed E-state index contributed by atoms with van der Waals surface area (Å²) in [6.45, 7) is 0.567. The van der Waals surface area contributed by atoms with Crippen molar-refractivity contribution in [1.82, 2.24) is 10.6 Å². The standard InChI is InChI=1S/C17H25FN2O3/c1-23-16-10-12(6-7-14(16)18)8-9-19-17(22)20-15-5-3-2-4-13(15)11-21/h6-7,10,13,15,21H,2-5,8-9,11H2,1H3,(H2,19,20,22)/t13-,15-/m1/s1. The predicted octanol–water partition coefficient (Wildman–Crippen LogP) is 2.23. The van der Waals surface area contributed by atoms with Gasteiger partial charge in [0.05, 0.1) is 7.11 Å². The van der Waals surface area contributed by atoms with Crippen LogP contribution in [0.4, 0.5) is 9.18 Å². The van der Waals surface area contributed by atoms with E-state index in [9.17, 15) is 14.3 Å². The number of ether oxygens (including phenoxy) is 1. The zero-order valence-electron chi connectivity index (χ0n) is 13.5. The molecule has 1 saturated carbocycles. The lowest BCUT2D eigenvalue weighted by atomic mass is 9.85. The fraction of sp³-hybridized carbons (Fsp3) is 0.588. The highest BCUT2D eigenvalue weighted by Crippen LogP contribution is 2.23. The summed E-state index contributed by atoms with van der Waals surface area (Å²) >= 11 is 0. The third kappa shape index (κ3) is 5.10. The Morgan fingerprint density at radius 1 is 1.39 bits per heavy atom. The summed E-state index contributed by atoms with van der Waals surface area (Å²) in [6.07, 6.45) is 4.65. The molecule has 0 bridgehead atoms. The molecule has 1 aliphatic rings. The maximum atomic E-state index is 13.3. The maximum absolute atomic E-state index is 13.3. The summed E-state index contributed by atoms with van der Waals surface area (Å²) in [7, 11) is 1.43. The molecule has 0 radical (unpaired) electrons. The molecule has 2 amide bonds. The molecule has 0 saturated heterocycles. The molecular weight excluding hydrogens is 299 g/mol. The largest absolute Gasteiger partial charge is 0.494 e. The van der Waals surface area contributed by atoms with Crippen LogP contribution in [0.25, 0.3) is 0 Å². The van der Waals surface area contributed by atoms with Gasteiger partial charge >= 0.3 is 6.03 Å². The van der Waals surface area contributed by atoms with Crippen molar-refractivity contribution in [1.29, 1.82) is 0 Å². The van der Waals surface area contributed by atoms with Gasteiger partial charge in [0.15, 0.2) is 11.6 Å². The molecule has 0 unspecified atom stereocenters. The first kappa shape index (κ1) is 17.5. The van der Waals surface area contributed by atoms with Crippen LogP contribution in [0.5, 0.6) is 5.75 Å². The van der Waals surface area contributed by atoms with Crippen molar-refractivity contribution in [3.63, 3.8) is 0 Å². The molecule has 0 spiro atoms. The number of aliphatic hydroxyl groups excluding tert-OH is 1. The number of aliphatic hydroxyl groups is 1. The van der Waals surface area contributed by atoms with E-state index in [1.165, 1.54) is 13.2 Å². The van der Waals surface area contributed by atoms with Crippen molar-refractivity contribution in [3.05, 3.63) is 29.6 Å². The topological polar surface area (TPSA) is 70.6 Å².